The maximum absolute atomic E-state index is 13.5. The van der Waals surface area contributed by atoms with Gasteiger partial charge in [0.15, 0.2) is 5.58 Å². The summed E-state index contributed by atoms with van der Waals surface area (Å²) in [4.78, 5) is 44.3. The Kier molecular flexibility index (Phi) is 7.59. The molecule has 1 saturated heterocycles. The number of primary amides is 1. The number of morpholine rings is 1. The smallest absolute Gasteiger partial charge is 0.404 e. The van der Waals surface area contributed by atoms with Crippen molar-refractivity contribution in [1.29, 1.82) is 0 Å². The molecule has 33 heavy (non-hydrogen) atoms. The van der Waals surface area contributed by atoms with Crippen molar-refractivity contribution in [2.24, 2.45) is 23.5 Å². The highest BCUT2D eigenvalue weighted by molar-refractivity contribution is 5.96. The van der Waals surface area contributed by atoms with Crippen LogP contribution < -0.4 is 5.73 Å². The van der Waals surface area contributed by atoms with Crippen molar-refractivity contribution in [1.82, 2.24) is 9.88 Å². The van der Waals surface area contributed by atoms with Gasteiger partial charge in [-0.2, -0.15) is 0 Å². The number of hydrogen-bond acceptors (Lipinski definition) is 7. The Balaban J connectivity index is 1.57. The molecule has 4 rings (SSSR count). The molecule has 2 amide bonds. The topological polar surface area (TPSA) is 125 Å². The van der Waals surface area contributed by atoms with Crippen LogP contribution in [0.3, 0.4) is 0 Å². The number of aromatic nitrogens is 1. The number of amides is 2. The third-order valence-electron chi connectivity index (χ3n) is 6.73. The highest BCUT2D eigenvalue weighted by Gasteiger charge is 2.38. The Labute approximate surface area is 192 Å². The van der Waals surface area contributed by atoms with Gasteiger partial charge < -0.3 is 24.5 Å². The standard InChI is InChI=1S/C24H31N3O6/c25-24(30)32-12-9-17(21(28)22-26-19-7-3-4-8-20(19)33-22)15-18(16-5-1-2-6-16)23(29)27-10-13-31-14-11-27/h3-4,7-8,16-18H,1-2,5-6,9-15H2,(H2,25,30). The second-order valence-corrected chi connectivity index (χ2v) is 8.83. The van der Waals surface area contributed by atoms with E-state index >= 15 is 0 Å². The number of nitrogens with two attached hydrogens (primary N) is 1. The fourth-order valence-corrected chi connectivity index (χ4v) is 4.99. The van der Waals surface area contributed by atoms with Crippen LogP contribution in [-0.2, 0) is 14.3 Å². The molecule has 2 heterocycles. The lowest BCUT2D eigenvalue weighted by atomic mass is 9.79. The first-order valence-corrected chi connectivity index (χ1v) is 11.7. The number of carbonyl (C=O) groups is 3. The second kappa shape index (κ2) is 10.8. The SMILES string of the molecule is NC(=O)OCCC(CC(C(=O)N1CCOCC1)C1CCCC1)C(=O)c1nc2ccccc2o1. The summed E-state index contributed by atoms with van der Waals surface area (Å²) in [6.45, 7) is 2.18. The molecule has 0 spiro atoms. The summed E-state index contributed by atoms with van der Waals surface area (Å²) >= 11 is 0. The molecule has 2 fully saturated rings. The fourth-order valence-electron chi connectivity index (χ4n) is 4.99. The molecule has 1 aromatic carbocycles. The number of Topliss-reactive ketones (excluding diaryl/α,β-unsaturated/α-hetero) is 1. The van der Waals surface area contributed by atoms with Crippen LogP contribution >= 0.6 is 0 Å². The van der Waals surface area contributed by atoms with Crippen LogP contribution in [0.15, 0.2) is 28.7 Å². The number of ketones is 1. The van der Waals surface area contributed by atoms with Gasteiger partial charge in [-0.15, -0.1) is 0 Å². The molecule has 2 atom stereocenters. The molecule has 2 aliphatic rings. The molecule has 178 valence electrons. The van der Waals surface area contributed by atoms with E-state index in [1.165, 1.54) is 0 Å². The normalized spacial score (nSPS) is 18.8. The molecule has 2 N–H and O–H groups in total. The van der Waals surface area contributed by atoms with Gasteiger partial charge in [-0.3, -0.25) is 9.59 Å². The van der Waals surface area contributed by atoms with Crippen molar-refractivity contribution >= 4 is 28.9 Å². The summed E-state index contributed by atoms with van der Waals surface area (Å²) in [6.07, 6.45) is 3.85. The number of para-hydroxylation sites is 2. The summed E-state index contributed by atoms with van der Waals surface area (Å²) in [5, 5.41) is 0. The zero-order valence-corrected chi connectivity index (χ0v) is 18.7. The first kappa shape index (κ1) is 23.2. The first-order valence-electron chi connectivity index (χ1n) is 11.7. The summed E-state index contributed by atoms with van der Waals surface area (Å²) in [5.74, 6) is -0.806. The van der Waals surface area contributed by atoms with Gasteiger partial charge in [0, 0.05) is 24.9 Å². The monoisotopic (exact) mass is 457 g/mol. The van der Waals surface area contributed by atoms with Crippen molar-refractivity contribution in [3.05, 3.63) is 30.2 Å². The van der Waals surface area contributed by atoms with Crippen LogP contribution in [0.2, 0.25) is 0 Å². The molecule has 2 aromatic rings. The Morgan fingerprint density at radius 3 is 2.58 bits per heavy atom. The van der Waals surface area contributed by atoms with Gasteiger partial charge >= 0.3 is 6.09 Å². The summed E-state index contributed by atoms with van der Waals surface area (Å²) in [5.41, 5.74) is 6.25. The molecule has 1 aromatic heterocycles. The maximum atomic E-state index is 13.5. The quantitative estimate of drug-likeness (QED) is 0.573. The lowest BCUT2D eigenvalue weighted by Gasteiger charge is -2.34. The van der Waals surface area contributed by atoms with Gasteiger partial charge in [-0.1, -0.05) is 25.0 Å². The average molecular weight is 458 g/mol. The van der Waals surface area contributed by atoms with Gasteiger partial charge in [0.1, 0.15) is 5.52 Å². The average Bonchev–Trinajstić information content (AvgIpc) is 3.51. The number of nitrogens with zero attached hydrogens (tertiary/aromatic N) is 2. The number of fused-ring (bicyclic) bond motifs is 1. The summed E-state index contributed by atoms with van der Waals surface area (Å²) in [7, 11) is 0. The molecular weight excluding hydrogens is 426 g/mol. The molecular formula is C24H31N3O6. The van der Waals surface area contributed by atoms with E-state index in [1.54, 1.807) is 12.1 Å². The van der Waals surface area contributed by atoms with E-state index in [4.69, 9.17) is 19.6 Å². The van der Waals surface area contributed by atoms with Gasteiger partial charge in [0.05, 0.1) is 19.8 Å². The minimum absolute atomic E-state index is 0.00486. The van der Waals surface area contributed by atoms with Gasteiger partial charge in [-0.05, 0) is 43.7 Å². The molecule has 1 aliphatic carbocycles. The van der Waals surface area contributed by atoms with Crippen molar-refractivity contribution < 1.29 is 28.3 Å². The van der Waals surface area contributed by atoms with Crippen LogP contribution in [-0.4, -0.2) is 60.6 Å². The molecule has 1 saturated carbocycles. The molecule has 1 aliphatic heterocycles. The Hall–Kier alpha value is -2.94. The number of ether oxygens (including phenoxy) is 2. The van der Waals surface area contributed by atoms with E-state index in [0.29, 0.717) is 43.8 Å². The Morgan fingerprint density at radius 2 is 1.88 bits per heavy atom. The predicted octanol–water partition coefficient (Wildman–Crippen LogP) is 3.17. The molecule has 2 unspecified atom stereocenters. The number of hydrogen-bond donors (Lipinski definition) is 1. The third-order valence-corrected chi connectivity index (χ3v) is 6.73. The number of carbonyl (C=O) groups excluding carboxylic acids is 3. The lowest BCUT2D eigenvalue weighted by molar-refractivity contribution is -0.142. The molecule has 9 heteroatoms. The zero-order valence-electron chi connectivity index (χ0n) is 18.7. The summed E-state index contributed by atoms with van der Waals surface area (Å²) in [6, 6.07) is 7.18. The number of oxazole rings is 1. The fraction of sp³-hybridized carbons (Fsp3) is 0.583. The van der Waals surface area contributed by atoms with E-state index in [9.17, 15) is 14.4 Å². The van der Waals surface area contributed by atoms with Crippen LogP contribution in [0, 0.1) is 17.8 Å². The zero-order chi connectivity index (χ0) is 23.2. The van der Waals surface area contributed by atoms with E-state index in [0.717, 1.165) is 25.7 Å². The van der Waals surface area contributed by atoms with Crippen molar-refractivity contribution in [3.63, 3.8) is 0 Å². The Morgan fingerprint density at radius 1 is 1.15 bits per heavy atom. The highest BCUT2D eigenvalue weighted by Crippen LogP contribution is 2.37. The van der Waals surface area contributed by atoms with Crippen molar-refractivity contribution in [2.75, 3.05) is 32.9 Å². The van der Waals surface area contributed by atoms with E-state index in [-0.39, 0.29) is 42.4 Å². The van der Waals surface area contributed by atoms with Crippen LogP contribution in [0.5, 0.6) is 0 Å². The van der Waals surface area contributed by atoms with E-state index in [2.05, 4.69) is 4.98 Å². The largest absolute Gasteiger partial charge is 0.450 e. The van der Waals surface area contributed by atoms with Crippen LogP contribution in [0.4, 0.5) is 4.79 Å². The second-order valence-electron chi connectivity index (χ2n) is 8.83. The predicted molar refractivity (Wildman–Crippen MR) is 119 cm³/mol. The van der Waals surface area contributed by atoms with E-state index < -0.39 is 12.0 Å². The number of rotatable bonds is 9. The van der Waals surface area contributed by atoms with Gasteiger partial charge in [-0.25, -0.2) is 9.78 Å². The van der Waals surface area contributed by atoms with Crippen LogP contribution in [0.25, 0.3) is 11.1 Å². The minimum Gasteiger partial charge on any atom is -0.450 e. The lowest BCUT2D eigenvalue weighted by Crippen LogP contribution is -2.46. The van der Waals surface area contributed by atoms with E-state index in [1.807, 2.05) is 17.0 Å². The molecule has 9 nitrogen and oxygen atoms in total. The van der Waals surface area contributed by atoms with Gasteiger partial charge in [0.25, 0.3) is 5.89 Å². The summed E-state index contributed by atoms with van der Waals surface area (Å²) < 4.78 is 16.0. The molecule has 0 bridgehead atoms. The van der Waals surface area contributed by atoms with Crippen molar-refractivity contribution in [3.8, 4) is 0 Å². The highest BCUT2D eigenvalue weighted by atomic mass is 16.5. The van der Waals surface area contributed by atoms with Gasteiger partial charge in [0.2, 0.25) is 11.7 Å². The minimum atomic E-state index is -0.889. The van der Waals surface area contributed by atoms with Crippen molar-refractivity contribution in [2.45, 2.75) is 38.5 Å². The maximum Gasteiger partial charge on any atom is 0.404 e. The number of benzene rings is 1. The first-order chi connectivity index (χ1) is 16.0. The molecule has 0 radical (unpaired) electrons. The van der Waals surface area contributed by atoms with Crippen LogP contribution in [0.1, 0.15) is 49.2 Å². The Bertz CT molecular complexity index is 944. The third kappa shape index (κ3) is 5.71.